The van der Waals surface area contributed by atoms with Crippen molar-refractivity contribution in [3.8, 4) is 0 Å². The summed E-state index contributed by atoms with van der Waals surface area (Å²) >= 11 is 6.11. The van der Waals surface area contributed by atoms with Gasteiger partial charge in [0.05, 0.1) is 25.0 Å². The number of rotatable bonds is 4. The SMILES string of the molecule is COCCn1ncc(N2CCC(N)C2)c(Cl)c1=O. The van der Waals surface area contributed by atoms with Crippen LogP contribution in [0.2, 0.25) is 5.02 Å². The molecule has 1 fully saturated rings. The Labute approximate surface area is 110 Å². The second-order valence-corrected chi connectivity index (χ2v) is 4.74. The minimum absolute atomic E-state index is 0.136. The van der Waals surface area contributed by atoms with Gasteiger partial charge in [0.15, 0.2) is 0 Å². The van der Waals surface area contributed by atoms with Crippen molar-refractivity contribution in [1.82, 2.24) is 9.78 Å². The molecule has 0 bridgehead atoms. The summed E-state index contributed by atoms with van der Waals surface area (Å²) in [6, 6.07) is 0.136. The van der Waals surface area contributed by atoms with Crippen LogP contribution in [0.25, 0.3) is 0 Å². The lowest BCUT2D eigenvalue weighted by Crippen LogP contribution is -2.31. The van der Waals surface area contributed by atoms with E-state index in [0.717, 1.165) is 13.0 Å². The van der Waals surface area contributed by atoms with Gasteiger partial charge in [-0.2, -0.15) is 5.10 Å². The monoisotopic (exact) mass is 272 g/mol. The normalized spacial score (nSPS) is 19.5. The van der Waals surface area contributed by atoms with Crippen molar-refractivity contribution < 1.29 is 4.74 Å². The average Bonchev–Trinajstić information content (AvgIpc) is 2.78. The Balaban J connectivity index is 2.23. The molecule has 1 aliphatic heterocycles. The lowest BCUT2D eigenvalue weighted by molar-refractivity contribution is 0.182. The largest absolute Gasteiger partial charge is 0.383 e. The average molecular weight is 273 g/mol. The minimum atomic E-state index is -0.285. The van der Waals surface area contributed by atoms with Crippen LogP contribution in [0, 0.1) is 0 Å². The molecule has 0 saturated carbocycles. The molecule has 18 heavy (non-hydrogen) atoms. The number of anilines is 1. The molecule has 2 rings (SSSR count). The van der Waals surface area contributed by atoms with Crippen LogP contribution < -0.4 is 16.2 Å². The van der Waals surface area contributed by atoms with Gasteiger partial charge in [0.25, 0.3) is 5.56 Å². The molecule has 1 saturated heterocycles. The third-order valence-electron chi connectivity index (χ3n) is 3.04. The summed E-state index contributed by atoms with van der Waals surface area (Å²) in [4.78, 5) is 14.0. The van der Waals surface area contributed by atoms with Gasteiger partial charge < -0.3 is 15.4 Å². The fourth-order valence-corrected chi connectivity index (χ4v) is 2.29. The smallest absolute Gasteiger partial charge is 0.287 e. The van der Waals surface area contributed by atoms with Crippen molar-refractivity contribution in [2.45, 2.75) is 19.0 Å². The standard InChI is InChI=1S/C11H17ClN4O2/c1-18-5-4-16-11(17)10(12)9(6-14-16)15-3-2-8(13)7-15/h6,8H,2-5,7,13H2,1H3. The molecule has 2 N–H and O–H groups in total. The summed E-state index contributed by atoms with van der Waals surface area (Å²) < 4.78 is 6.23. The maximum Gasteiger partial charge on any atom is 0.287 e. The molecule has 1 aromatic rings. The van der Waals surface area contributed by atoms with Crippen molar-refractivity contribution in [3.63, 3.8) is 0 Å². The van der Waals surface area contributed by atoms with E-state index in [2.05, 4.69) is 5.10 Å². The number of nitrogens with two attached hydrogens (primary N) is 1. The molecule has 100 valence electrons. The maximum absolute atomic E-state index is 12.0. The van der Waals surface area contributed by atoms with E-state index in [1.165, 1.54) is 4.68 Å². The zero-order valence-corrected chi connectivity index (χ0v) is 11.1. The number of ether oxygens (including phenoxy) is 1. The van der Waals surface area contributed by atoms with Gasteiger partial charge in [-0.15, -0.1) is 0 Å². The number of hydrogen-bond donors (Lipinski definition) is 1. The van der Waals surface area contributed by atoms with Crippen LogP contribution >= 0.6 is 11.6 Å². The lowest BCUT2D eigenvalue weighted by Gasteiger charge is -2.19. The predicted molar refractivity (Wildman–Crippen MR) is 70.2 cm³/mol. The molecule has 1 atom stereocenters. The van der Waals surface area contributed by atoms with E-state index in [1.54, 1.807) is 13.3 Å². The molecule has 0 aliphatic carbocycles. The first-order valence-electron chi connectivity index (χ1n) is 5.88. The predicted octanol–water partition coefficient (Wildman–Crippen LogP) is 0.0805. The summed E-state index contributed by atoms with van der Waals surface area (Å²) in [7, 11) is 1.58. The highest BCUT2D eigenvalue weighted by molar-refractivity contribution is 6.33. The molecule has 0 radical (unpaired) electrons. The Bertz CT molecular complexity index is 477. The number of halogens is 1. The quantitative estimate of drug-likeness (QED) is 0.840. The van der Waals surface area contributed by atoms with Crippen LogP contribution in [-0.2, 0) is 11.3 Å². The van der Waals surface area contributed by atoms with E-state index in [-0.39, 0.29) is 16.6 Å². The van der Waals surface area contributed by atoms with Crippen LogP contribution in [0.1, 0.15) is 6.42 Å². The van der Waals surface area contributed by atoms with Crippen LogP contribution in [0.5, 0.6) is 0 Å². The van der Waals surface area contributed by atoms with E-state index in [1.807, 2.05) is 4.90 Å². The van der Waals surface area contributed by atoms with Gasteiger partial charge in [0.2, 0.25) is 0 Å². The Morgan fingerprint density at radius 1 is 1.67 bits per heavy atom. The molecule has 2 heterocycles. The number of aromatic nitrogens is 2. The Kier molecular flexibility index (Phi) is 4.21. The molecular formula is C11H17ClN4O2. The highest BCUT2D eigenvalue weighted by Crippen LogP contribution is 2.24. The summed E-state index contributed by atoms with van der Waals surface area (Å²) in [6.45, 7) is 2.35. The molecule has 0 spiro atoms. The van der Waals surface area contributed by atoms with Gasteiger partial charge in [-0.3, -0.25) is 4.79 Å². The number of methoxy groups -OCH3 is 1. The molecule has 7 heteroatoms. The second-order valence-electron chi connectivity index (χ2n) is 4.36. The minimum Gasteiger partial charge on any atom is -0.383 e. The van der Waals surface area contributed by atoms with E-state index in [4.69, 9.17) is 22.1 Å². The highest BCUT2D eigenvalue weighted by atomic mass is 35.5. The molecule has 1 unspecified atom stereocenters. The van der Waals surface area contributed by atoms with Crippen LogP contribution in [0.3, 0.4) is 0 Å². The molecule has 0 aromatic carbocycles. The van der Waals surface area contributed by atoms with Gasteiger partial charge in [0.1, 0.15) is 5.02 Å². The second kappa shape index (κ2) is 5.69. The Morgan fingerprint density at radius 3 is 3.06 bits per heavy atom. The first kappa shape index (κ1) is 13.3. The summed E-state index contributed by atoms with van der Waals surface area (Å²) in [6.07, 6.45) is 2.53. The molecule has 1 aliphatic rings. The zero-order valence-electron chi connectivity index (χ0n) is 10.3. The number of hydrogen-bond acceptors (Lipinski definition) is 5. The topological polar surface area (TPSA) is 73.4 Å². The van der Waals surface area contributed by atoms with Crippen molar-refractivity contribution in [2.75, 3.05) is 31.7 Å². The highest BCUT2D eigenvalue weighted by Gasteiger charge is 2.23. The van der Waals surface area contributed by atoms with Gasteiger partial charge in [-0.1, -0.05) is 11.6 Å². The van der Waals surface area contributed by atoms with Crippen molar-refractivity contribution in [2.24, 2.45) is 5.73 Å². The molecular weight excluding hydrogens is 256 g/mol. The first-order valence-corrected chi connectivity index (χ1v) is 6.26. The lowest BCUT2D eigenvalue weighted by atomic mass is 10.3. The zero-order chi connectivity index (χ0) is 13.1. The van der Waals surface area contributed by atoms with Crippen molar-refractivity contribution >= 4 is 17.3 Å². The van der Waals surface area contributed by atoms with Gasteiger partial charge in [0, 0.05) is 26.2 Å². The molecule has 0 amide bonds. The van der Waals surface area contributed by atoms with Crippen LogP contribution in [0.15, 0.2) is 11.0 Å². The van der Waals surface area contributed by atoms with Gasteiger partial charge in [-0.25, -0.2) is 4.68 Å². The molecule has 1 aromatic heterocycles. The summed E-state index contributed by atoms with van der Waals surface area (Å²) in [5.74, 6) is 0. The summed E-state index contributed by atoms with van der Waals surface area (Å²) in [5.41, 5.74) is 6.23. The van der Waals surface area contributed by atoms with Crippen molar-refractivity contribution in [3.05, 3.63) is 21.6 Å². The third kappa shape index (κ3) is 2.66. The fraction of sp³-hybridized carbons (Fsp3) is 0.636. The summed E-state index contributed by atoms with van der Waals surface area (Å²) in [5, 5.41) is 4.31. The Hall–Kier alpha value is -1.11. The third-order valence-corrected chi connectivity index (χ3v) is 3.39. The van der Waals surface area contributed by atoms with Crippen molar-refractivity contribution in [1.29, 1.82) is 0 Å². The van der Waals surface area contributed by atoms with Crippen LogP contribution in [0.4, 0.5) is 5.69 Å². The van der Waals surface area contributed by atoms with E-state index < -0.39 is 0 Å². The van der Waals surface area contributed by atoms with E-state index >= 15 is 0 Å². The van der Waals surface area contributed by atoms with E-state index in [9.17, 15) is 4.79 Å². The Morgan fingerprint density at radius 2 is 2.44 bits per heavy atom. The van der Waals surface area contributed by atoms with Gasteiger partial charge >= 0.3 is 0 Å². The fourth-order valence-electron chi connectivity index (χ4n) is 2.02. The number of nitrogens with zero attached hydrogens (tertiary/aromatic N) is 3. The maximum atomic E-state index is 12.0. The molecule has 6 nitrogen and oxygen atoms in total. The van der Waals surface area contributed by atoms with E-state index in [0.29, 0.717) is 25.4 Å². The van der Waals surface area contributed by atoms with Crippen LogP contribution in [-0.4, -0.2) is 42.6 Å². The first-order chi connectivity index (χ1) is 8.63. The van der Waals surface area contributed by atoms with Gasteiger partial charge in [-0.05, 0) is 6.42 Å².